The molecule has 3 heteroatoms. The van der Waals surface area contributed by atoms with Gasteiger partial charge in [-0.25, -0.2) is 0 Å². The van der Waals surface area contributed by atoms with Crippen molar-refractivity contribution in [3.8, 4) is 11.3 Å². The van der Waals surface area contributed by atoms with Gasteiger partial charge < -0.3 is 0 Å². The predicted molar refractivity (Wildman–Crippen MR) is 71.1 cm³/mol. The molecule has 0 spiro atoms. The third kappa shape index (κ3) is 3.17. The SMILES string of the molecule is CC(=O)CSc1ccccc1-c1ccccn1. The summed E-state index contributed by atoms with van der Waals surface area (Å²) in [5.41, 5.74) is 2.03. The summed E-state index contributed by atoms with van der Waals surface area (Å²) < 4.78 is 0. The lowest BCUT2D eigenvalue weighted by Crippen LogP contribution is -1.94. The molecule has 0 fully saturated rings. The fraction of sp³-hybridized carbons (Fsp3) is 0.143. The summed E-state index contributed by atoms with van der Waals surface area (Å²) in [6.07, 6.45) is 1.78. The van der Waals surface area contributed by atoms with Crippen LogP contribution in [0.15, 0.2) is 53.6 Å². The molecule has 0 saturated heterocycles. The lowest BCUT2D eigenvalue weighted by atomic mass is 10.1. The van der Waals surface area contributed by atoms with E-state index in [1.54, 1.807) is 24.9 Å². The highest BCUT2D eigenvalue weighted by Crippen LogP contribution is 2.29. The van der Waals surface area contributed by atoms with Crippen molar-refractivity contribution < 1.29 is 4.79 Å². The molecule has 0 aliphatic carbocycles. The molecule has 0 N–H and O–H groups in total. The van der Waals surface area contributed by atoms with Crippen LogP contribution in [-0.4, -0.2) is 16.5 Å². The van der Waals surface area contributed by atoms with Crippen LogP contribution in [0.5, 0.6) is 0 Å². The Kier molecular flexibility index (Phi) is 3.94. The summed E-state index contributed by atoms with van der Waals surface area (Å²) in [6.45, 7) is 1.61. The standard InChI is InChI=1S/C14H13NOS/c1-11(16)10-17-14-8-3-2-6-12(14)13-7-4-5-9-15-13/h2-9H,10H2,1H3. The number of ketones is 1. The molecule has 0 unspecified atom stereocenters. The van der Waals surface area contributed by atoms with E-state index in [1.807, 2.05) is 42.5 Å². The van der Waals surface area contributed by atoms with Gasteiger partial charge in [0.15, 0.2) is 0 Å². The van der Waals surface area contributed by atoms with Gasteiger partial charge in [0.2, 0.25) is 0 Å². The molecule has 0 radical (unpaired) electrons. The number of carbonyl (C=O) groups is 1. The number of Topliss-reactive ketones (excluding diaryl/α,β-unsaturated/α-hetero) is 1. The predicted octanol–water partition coefficient (Wildman–Crippen LogP) is 3.43. The molecule has 1 aromatic carbocycles. The van der Waals surface area contributed by atoms with Crippen molar-refractivity contribution in [3.63, 3.8) is 0 Å². The van der Waals surface area contributed by atoms with Gasteiger partial charge in [0, 0.05) is 16.7 Å². The number of rotatable bonds is 4. The number of hydrogen-bond acceptors (Lipinski definition) is 3. The molecule has 2 nitrogen and oxygen atoms in total. The van der Waals surface area contributed by atoms with E-state index in [0.717, 1.165) is 16.2 Å². The molecule has 17 heavy (non-hydrogen) atoms. The van der Waals surface area contributed by atoms with Gasteiger partial charge in [-0.15, -0.1) is 11.8 Å². The second-order valence-corrected chi connectivity index (χ2v) is 4.72. The molecule has 2 aromatic rings. The number of aromatic nitrogens is 1. The monoisotopic (exact) mass is 243 g/mol. The van der Waals surface area contributed by atoms with Crippen LogP contribution in [0.4, 0.5) is 0 Å². The second kappa shape index (κ2) is 5.64. The Labute approximate surface area is 105 Å². The smallest absolute Gasteiger partial charge is 0.140 e. The van der Waals surface area contributed by atoms with Crippen molar-refractivity contribution in [2.45, 2.75) is 11.8 Å². The fourth-order valence-electron chi connectivity index (χ4n) is 1.51. The highest BCUT2D eigenvalue weighted by Gasteiger charge is 2.06. The van der Waals surface area contributed by atoms with Crippen molar-refractivity contribution in [1.29, 1.82) is 0 Å². The minimum Gasteiger partial charge on any atom is -0.299 e. The number of pyridine rings is 1. The normalized spacial score (nSPS) is 10.2. The van der Waals surface area contributed by atoms with E-state index >= 15 is 0 Å². The maximum absolute atomic E-state index is 11.0. The first kappa shape index (κ1) is 11.9. The van der Waals surface area contributed by atoms with E-state index in [-0.39, 0.29) is 5.78 Å². The lowest BCUT2D eigenvalue weighted by molar-refractivity contribution is -0.114. The van der Waals surface area contributed by atoms with E-state index in [1.165, 1.54) is 0 Å². The van der Waals surface area contributed by atoms with Gasteiger partial charge in [-0.05, 0) is 25.1 Å². The summed E-state index contributed by atoms with van der Waals surface area (Å²) in [5, 5.41) is 0. The van der Waals surface area contributed by atoms with Gasteiger partial charge in [-0.2, -0.15) is 0 Å². The van der Waals surface area contributed by atoms with E-state index in [2.05, 4.69) is 4.98 Å². The highest BCUT2D eigenvalue weighted by atomic mass is 32.2. The third-order valence-electron chi connectivity index (χ3n) is 2.26. The Hall–Kier alpha value is -1.61. The van der Waals surface area contributed by atoms with Crippen LogP contribution in [0.2, 0.25) is 0 Å². The Morgan fingerprint density at radius 2 is 1.94 bits per heavy atom. The first-order valence-electron chi connectivity index (χ1n) is 5.40. The zero-order valence-electron chi connectivity index (χ0n) is 9.59. The van der Waals surface area contributed by atoms with Crippen molar-refractivity contribution in [1.82, 2.24) is 4.98 Å². The van der Waals surface area contributed by atoms with E-state index in [0.29, 0.717) is 5.75 Å². The van der Waals surface area contributed by atoms with Crippen molar-refractivity contribution in [2.24, 2.45) is 0 Å². The van der Waals surface area contributed by atoms with Crippen LogP contribution in [0.25, 0.3) is 11.3 Å². The van der Waals surface area contributed by atoms with Crippen LogP contribution >= 0.6 is 11.8 Å². The Morgan fingerprint density at radius 1 is 1.18 bits per heavy atom. The van der Waals surface area contributed by atoms with Gasteiger partial charge in [-0.3, -0.25) is 9.78 Å². The van der Waals surface area contributed by atoms with E-state index in [4.69, 9.17) is 0 Å². The van der Waals surface area contributed by atoms with Crippen molar-refractivity contribution in [2.75, 3.05) is 5.75 Å². The summed E-state index contributed by atoms with van der Waals surface area (Å²) in [4.78, 5) is 16.5. The van der Waals surface area contributed by atoms with Gasteiger partial charge >= 0.3 is 0 Å². The van der Waals surface area contributed by atoms with E-state index < -0.39 is 0 Å². The largest absolute Gasteiger partial charge is 0.299 e. The zero-order valence-corrected chi connectivity index (χ0v) is 10.4. The Bertz CT molecular complexity index is 511. The molecule has 0 amide bonds. The average molecular weight is 243 g/mol. The minimum absolute atomic E-state index is 0.186. The minimum atomic E-state index is 0.186. The molecule has 0 aliphatic heterocycles. The quantitative estimate of drug-likeness (QED) is 0.771. The Balaban J connectivity index is 2.31. The van der Waals surface area contributed by atoms with Gasteiger partial charge in [-0.1, -0.05) is 24.3 Å². The number of benzene rings is 1. The molecular weight excluding hydrogens is 230 g/mol. The average Bonchev–Trinajstić information content (AvgIpc) is 2.38. The number of nitrogens with zero attached hydrogens (tertiary/aromatic N) is 1. The highest BCUT2D eigenvalue weighted by molar-refractivity contribution is 8.00. The van der Waals surface area contributed by atoms with Crippen LogP contribution in [0.3, 0.4) is 0 Å². The molecule has 0 saturated carbocycles. The van der Waals surface area contributed by atoms with E-state index in [9.17, 15) is 4.79 Å². The molecule has 0 bridgehead atoms. The lowest BCUT2D eigenvalue weighted by Gasteiger charge is -2.07. The van der Waals surface area contributed by atoms with Crippen LogP contribution in [0, 0.1) is 0 Å². The zero-order chi connectivity index (χ0) is 12.1. The molecule has 1 heterocycles. The van der Waals surface area contributed by atoms with Gasteiger partial charge in [0.1, 0.15) is 5.78 Å². The molecule has 0 atom stereocenters. The molecular formula is C14H13NOS. The second-order valence-electron chi connectivity index (χ2n) is 3.70. The van der Waals surface area contributed by atoms with Crippen LogP contribution in [-0.2, 0) is 4.79 Å². The van der Waals surface area contributed by atoms with Crippen LogP contribution < -0.4 is 0 Å². The fourth-order valence-corrected chi connectivity index (χ4v) is 2.37. The molecule has 86 valence electrons. The first-order chi connectivity index (χ1) is 8.27. The summed E-state index contributed by atoms with van der Waals surface area (Å²) in [5.74, 6) is 0.690. The molecule has 0 aliphatic rings. The summed E-state index contributed by atoms with van der Waals surface area (Å²) in [7, 11) is 0. The number of thioether (sulfide) groups is 1. The van der Waals surface area contributed by atoms with Crippen molar-refractivity contribution in [3.05, 3.63) is 48.7 Å². The first-order valence-corrected chi connectivity index (χ1v) is 6.38. The molecule has 2 rings (SSSR count). The summed E-state index contributed by atoms with van der Waals surface area (Å²) in [6, 6.07) is 13.9. The summed E-state index contributed by atoms with van der Waals surface area (Å²) >= 11 is 1.56. The van der Waals surface area contributed by atoms with Crippen molar-refractivity contribution >= 4 is 17.5 Å². The maximum Gasteiger partial charge on any atom is 0.140 e. The topological polar surface area (TPSA) is 30.0 Å². The molecule has 1 aromatic heterocycles. The maximum atomic E-state index is 11.0. The Morgan fingerprint density at radius 3 is 2.65 bits per heavy atom. The van der Waals surface area contributed by atoms with Gasteiger partial charge in [0.05, 0.1) is 11.4 Å². The number of carbonyl (C=O) groups excluding carboxylic acids is 1. The van der Waals surface area contributed by atoms with Crippen LogP contribution in [0.1, 0.15) is 6.92 Å². The number of hydrogen-bond donors (Lipinski definition) is 0. The van der Waals surface area contributed by atoms with Gasteiger partial charge in [0.25, 0.3) is 0 Å². The third-order valence-corrected chi connectivity index (χ3v) is 3.48.